The number of carbonyl (C=O) groups excluding carboxylic acids is 1. The van der Waals surface area contributed by atoms with Gasteiger partial charge in [0.1, 0.15) is 5.69 Å². The van der Waals surface area contributed by atoms with E-state index < -0.39 is 55.8 Å². The molecule has 7 nitrogen and oxygen atoms in total. The number of sulfonamides is 1. The zero-order chi connectivity index (χ0) is 21.2. The Hall–Kier alpha value is -2.63. The first kappa shape index (κ1) is 21.1. The Bertz CT molecular complexity index is 1030. The molecule has 0 aliphatic carbocycles. The highest BCUT2D eigenvalue weighted by Crippen LogP contribution is 2.37. The fraction of sp³-hybridized carbons (Fsp3) is 0.278. The minimum Gasteiger partial charge on any atom is -0.491 e. The molecular formula is C18H17F3N2O5S. The number of amides is 1. The first-order chi connectivity index (χ1) is 13.8. The summed E-state index contributed by atoms with van der Waals surface area (Å²) in [4.78, 5) is 10.8. The molecule has 0 saturated carbocycles. The minimum absolute atomic E-state index is 0.0262. The van der Waals surface area contributed by atoms with Crippen molar-refractivity contribution in [3.05, 3.63) is 53.3 Å². The largest absolute Gasteiger partial charge is 0.491 e. The van der Waals surface area contributed by atoms with Gasteiger partial charge < -0.3 is 14.8 Å². The molecule has 0 aromatic heterocycles. The van der Waals surface area contributed by atoms with E-state index in [1.807, 2.05) is 5.32 Å². The molecule has 156 valence electrons. The highest BCUT2D eigenvalue weighted by molar-refractivity contribution is 7.89. The van der Waals surface area contributed by atoms with Crippen LogP contribution in [-0.2, 0) is 14.8 Å². The molecule has 3 rings (SSSR count). The van der Waals surface area contributed by atoms with Crippen molar-refractivity contribution in [1.82, 2.24) is 4.72 Å². The normalized spacial score (nSPS) is 16.6. The lowest BCUT2D eigenvalue weighted by Crippen LogP contribution is -2.36. The number of methoxy groups -OCH3 is 1. The number of ether oxygens (including phenoxy) is 2. The highest BCUT2D eigenvalue weighted by atomic mass is 32.2. The minimum atomic E-state index is -4.76. The average molecular weight is 430 g/mol. The molecule has 0 unspecified atom stereocenters. The predicted molar refractivity (Wildman–Crippen MR) is 96.8 cm³/mol. The van der Waals surface area contributed by atoms with Gasteiger partial charge in [-0.25, -0.2) is 26.3 Å². The smallest absolute Gasteiger partial charge is 0.255 e. The molecule has 1 amide bonds. The molecular weight excluding hydrogens is 413 g/mol. The number of anilines is 1. The maximum absolute atomic E-state index is 15.0. The second-order valence-electron chi connectivity index (χ2n) is 6.18. The summed E-state index contributed by atoms with van der Waals surface area (Å²) in [5.41, 5.74) is -1.08. The Labute approximate surface area is 164 Å². The van der Waals surface area contributed by atoms with Gasteiger partial charge in [0.05, 0.1) is 13.7 Å². The highest BCUT2D eigenvalue weighted by Gasteiger charge is 2.36. The molecule has 1 heterocycles. The van der Waals surface area contributed by atoms with Gasteiger partial charge in [0, 0.05) is 18.2 Å². The summed E-state index contributed by atoms with van der Waals surface area (Å²) in [6.45, 7) is 0.307. The van der Waals surface area contributed by atoms with Crippen LogP contribution in [0.2, 0.25) is 0 Å². The van der Waals surface area contributed by atoms with E-state index in [4.69, 9.17) is 4.74 Å². The van der Waals surface area contributed by atoms with Crippen molar-refractivity contribution in [2.75, 3.05) is 25.6 Å². The number of halogens is 3. The lowest BCUT2D eigenvalue weighted by molar-refractivity contribution is 0.102. The molecule has 11 heteroatoms. The van der Waals surface area contributed by atoms with Gasteiger partial charge in [-0.05, 0) is 18.6 Å². The van der Waals surface area contributed by atoms with Crippen LogP contribution in [0.25, 0.3) is 0 Å². The van der Waals surface area contributed by atoms with Gasteiger partial charge in [-0.3, -0.25) is 4.79 Å². The number of benzene rings is 2. The van der Waals surface area contributed by atoms with Gasteiger partial charge in [0.2, 0.25) is 10.0 Å². The van der Waals surface area contributed by atoms with Crippen molar-refractivity contribution in [1.29, 1.82) is 0 Å². The quantitative estimate of drug-likeness (QED) is 0.734. The first-order valence-electron chi connectivity index (χ1n) is 8.47. The molecule has 2 N–H and O–H groups in total. The van der Waals surface area contributed by atoms with Crippen LogP contribution in [0.4, 0.5) is 18.9 Å². The standard InChI is InChI=1S/C18H17F3N2O5S/c1-27-16-12(19)15(22-18(24)10-5-3-2-4-6-10)13(20)17(14(16)21)29(25,26)23-11-7-8-28-9-11/h2-6,11,23H,7-9H2,1H3,(H,22,24)/t11-/m0/s1. The molecule has 1 aliphatic heterocycles. The third kappa shape index (κ3) is 4.21. The van der Waals surface area contributed by atoms with Gasteiger partial charge in [-0.1, -0.05) is 18.2 Å². The lowest BCUT2D eigenvalue weighted by Gasteiger charge is -2.17. The van der Waals surface area contributed by atoms with Crippen molar-refractivity contribution in [2.45, 2.75) is 17.4 Å². The van der Waals surface area contributed by atoms with Crippen molar-refractivity contribution in [3.8, 4) is 5.75 Å². The molecule has 1 atom stereocenters. The van der Waals surface area contributed by atoms with Gasteiger partial charge in [-0.2, -0.15) is 0 Å². The molecule has 1 aliphatic rings. The second kappa shape index (κ2) is 8.39. The Morgan fingerprint density at radius 2 is 1.83 bits per heavy atom. The molecule has 1 fully saturated rings. The van der Waals surface area contributed by atoms with E-state index in [-0.39, 0.29) is 18.8 Å². The van der Waals surface area contributed by atoms with Crippen LogP contribution < -0.4 is 14.8 Å². The fourth-order valence-corrected chi connectivity index (χ4v) is 4.23. The van der Waals surface area contributed by atoms with Crippen molar-refractivity contribution < 1.29 is 35.9 Å². The zero-order valence-corrected chi connectivity index (χ0v) is 16.0. The van der Waals surface area contributed by atoms with E-state index in [0.29, 0.717) is 6.42 Å². The van der Waals surface area contributed by atoms with Gasteiger partial charge >= 0.3 is 0 Å². The number of hydrogen-bond donors (Lipinski definition) is 2. The Balaban J connectivity index is 2.07. The van der Waals surface area contributed by atoms with Gasteiger partial charge in [-0.15, -0.1) is 0 Å². The van der Waals surface area contributed by atoms with Crippen LogP contribution >= 0.6 is 0 Å². The molecule has 0 spiro atoms. The van der Waals surface area contributed by atoms with Crippen LogP contribution in [0.15, 0.2) is 35.2 Å². The maximum atomic E-state index is 15.0. The summed E-state index contributed by atoms with van der Waals surface area (Å²) in [5, 5.41) is 1.95. The van der Waals surface area contributed by atoms with E-state index in [2.05, 4.69) is 9.46 Å². The van der Waals surface area contributed by atoms with E-state index >= 15 is 0 Å². The SMILES string of the molecule is COc1c(F)c(NC(=O)c2ccccc2)c(F)c(S(=O)(=O)N[C@H]2CCOC2)c1F. The van der Waals surface area contributed by atoms with Crippen molar-refractivity contribution >= 4 is 21.6 Å². The van der Waals surface area contributed by atoms with E-state index in [9.17, 15) is 26.4 Å². The summed E-state index contributed by atoms with van der Waals surface area (Å²) >= 11 is 0. The molecule has 2 aromatic rings. The van der Waals surface area contributed by atoms with Crippen LogP contribution in [0.3, 0.4) is 0 Å². The Morgan fingerprint density at radius 3 is 2.41 bits per heavy atom. The Morgan fingerprint density at radius 1 is 1.14 bits per heavy atom. The lowest BCUT2D eigenvalue weighted by atomic mass is 10.2. The Kier molecular flexibility index (Phi) is 6.10. The summed E-state index contributed by atoms with van der Waals surface area (Å²) in [6.07, 6.45) is 0.304. The first-order valence-corrected chi connectivity index (χ1v) is 9.95. The summed E-state index contributed by atoms with van der Waals surface area (Å²) < 4.78 is 81.1. The molecule has 29 heavy (non-hydrogen) atoms. The van der Waals surface area contributed by atoms with E-state index in [1.165, 1.54) is 24.3 Å². The third-order valence-corrected chi connectivity index (χ3v) is 5.77. The van der Waals surface area contributed by atoms with Crippen LogP contribution in [0.5, 0.6) is 5.75 Å². The summed E-state index contributed by atoms with van der Waals surface area (Å²) in [5.74, 6) is -7.16. The molecule has 0 radical (unpaired) electrons. The second-order valence-corrected chi connectivity index (χ2v) is 7.83. The van der Waals surface area contributed by atoms with Crippen LogP contribution in [0.1, 0.15) is 16.8 Å². The van der Waals surface area contributed by atoms with Crippen molar-refractivity contribution in [3.63, 3.8) is 0 Å². The fourth-order valence-electron chi connectivity index (χ4n) is 2.83. The monoisotopic (exact) mass is 430 g/mol. The average Bonchev–Trinajstić information content (AvgIpc) is 3.18. The third-order valence-electron chi connectivity index (χ3n) is 4.24. The topological polar surface area (TPSA) is 93.7 Å². The molecule has 2 aromatic carbocycles. The van der Waals surface area contributed by atoms with Gasteiger partial charge in [0.25, 0.3) is 5.91 Å². The van der Waals surface area contributed by atoms with Crippen LogP contribution in [0, 0.1) is 17.5 Å². The van der Waals surface area contributed by atoms with E-state index in [1.54, 1.807) is 6.07 Å². The number of hydrogen-bond acceptors (Lipinski definition) is 5. The number of carbonyl (C=O) groups is 1. The van der Waals surface area contributed by atoms with Crippen molar-refractivity contribution in [2.24, 2.45) is 0 Å². The molecule has 0 bridgehead atoms. The zero-order valence-electron chi connectivity index (χ0n) is 15.2. The van der Waals surface area contributed by atoms with Crippen LogP contribution in [-0.4, -0.2) is 40.7 Å². The number of rotatable bonds is 6. The maximum Gasteiger partial charge on any atom is 0.255 e. The molecule has 1 saturated heterocycles. The van der Waals surface area contributed by atoms with E-state index in [0.717, 1.165) is 7.11 Å². The number of nitrogens with one attached hydrogen (secondary N) is 2. The van der Waals surface area contributed by atoms with Gasteiger partial charge in [0.15, 0.2) is 28.1 Å². The summed E-state index contributed by atoms with van der Waals surface area (Å²) in [7, 11) is -3.87. The predicted octanol–water partition coefficient (Wildman–Crippen LogP) is 2.43. The summed E-state index contributed by atoms with van der Waals surface area (Å²) in [6, 6.07) is 6.74.